The van der Waals surface area contributed by atoms with E-state index in [1.54, 1.807) is 0 Å². The second-order valence-corrected chi connectivity index (χ2v) is 40.6. The molecule has 11 aliphatic heterocycles. The van der Waals surface area contributed by atoms with E-state index in [0.29, 0.717) is 142 Å². The van der Waals surface area contributed by atoms with Gasteiger partial charge in [-0.2, -0.15) is 0 Å². The summed E-state index contributed by atoms with van der Waals surface area (Å²) in [5, 5.41) is 11.4. The van der Waals surface area contributed by atoms with Crippen LogP contribution in [0.3, 0.4) is 0 Å². The van der Waals surface area contributed by atoms with Gasteiger partial charge in [0.25, 0.3) is 0 Å². The minimum atomic E-state index is -0.782. The number of morpholine rings is 9. The number of carbonyl (C=O) groups excluding carboxylic acids is 3. The van der Waals surface area contributed by atoms with Crippen LogP contribution < -0.4 is 15.0 Å². The molecule has 129 heavy (non-hydrogen) atoms. The molecule has 12 fully saturated rings. The molecule has 10 saturated heterocycles. The van der Waals surface area contributed by atoms with Crippen LogP contribution >= 0.6 is 0 Å². The van der Waals surface area contributed by atoms with Crippen molar-refractivity contribution in [3.63, 3.8) is 0 Å². The predicted molar refractivity (Wildman–Crippen MR) is 521 cm³/mol. The number of aliphatic carboxylic acids is 1. The molecule has 14 rings (SSSR count). The number of esters is 1. The van der Waals surface area contributed by atoms with Crippen LogP contribution in [0.15, 0.2) is 24.3 Å². The summed E-state index contributed by atoms with van der Waals surface area (Å²) in [4.78, 5) is 70.7. The van der Waals surface area contributed by atoms with Gasteiger partial charge in [-0.1, -0.05) is 25.0 Å². The first kappa shape index (κ1) is 115. The Morgan fingerprint density at radius 3 is 1.33 bits per heavy atom. The topological polar surface area (TPSA) is 238 Å². The average Bonchev–Trinajstić information content (AvgIpc) is 1.04. The number of benzene rings is 1. The van der Waals surface area contributed by atoms with E-state index in [4.69, 9.17) is 52.5 Å². The number of amides is 2. The van der Waals surface area contributed by atoms with Crippen molar-refractivity contribution in [2.75, 3.05) is 189 Å². The number of para-hydroxylation sites is 2. The average molecular weight is 1830 g/mol. The van der Waals surface area contributed by atoms with E-state index in [9.17, 15) is 19.2 Å². The molecule has 28 heteroatoms. The minimum absolute atomic E-state index is 0.00951. The molecule has 1 aromatic rings. The highest BCUT2D eigenvalue weighted by Crippen LogP contribution is 2.34. The van der Waals surface area contributed by atoms with Gasteiger partial charge in [-0.05, 0) is 237 Å². The highest BCUT2D eigenvalue weighted by Gasteiger charge is 2.39. The van der Waals surface area contributed by atoms with Crippen LogP contribution in [0, 0.1) is 0 Å². The Bertz CT molecular complexity index is 3150. The van der Waals surface area contributed by atoms with Crippen LogP contribution in [0.2, 0.25) is 0 Å². The number of rotatable bonds is 18. The fourth-order valence-electron chi connectivity index (χ4n) is 19.6. The highest BCUT2D eigenvalue weighted by atomic mass is 16.5. The Morgan fingerprint density at radius 1 is 0.411 bits per heavy atom. The molecule has 0 bridgehead atoms. The number of nitrogens with zero attached hydrogens (tertiary/aromatic N) is 11. The number of ether oxygens (including phenoxy) is 11. The van der Waals surface area contributed by atoms with Gasteiger partial charge < -0.3 is 72.3 Å². The normalized spacial score (nSPS) is 28.8. The van der Waals surface area contributed by atoms with E-state index >= 15 is 0 Å². The third kappa shape index (κ3) is 42.2. The number of likely N-dealkylation sites (tertiary alicyclic amines) is 1. The molecule has 0 spiro atoms. The van der Waals surface area contributed by atoms with Crippen molar-refractivity contribution in [3.05, 3.63) is 24.3 Å². The molecule has 2 amide bonds. The number of anilines is 1. The summed E-state index contributed by atoms with van der Waals surface area (Å²) >= 11 is 0. The number of carbonyl (C=O) groups is 4. The molecular weight excluding hydrogens is 1640 g/mol. The first-order valence-corrected chi connectivity index (χ1v) is 50.8. The van der Waals surface area contributed by atoms with Crippen molar-refractivity contribution in [2.45, 2.75) is 409 Å². The second kappa shape index (κ2) is 61.9. The van der Waals surface area contributed by atoms with Crippen LogP contribution in [0.5, 0.6) is 5.75 Å². The lowest BCUT2D eigenvalue weighted by Gasteiger charge is -2.45. The third-order valence-corrected chi connectivity index (χ3v) is 27.4. The van der Waals surface area contributed by atoms with Gasteiger partial charge in [0.15, 0.2) is 0 Å². The van der Waals surface area contributed by atoms with Gasteiger partial charge >= 0.3 is 11.9 Å². The van der Waals surface area contributed by atoms with E-state index in [-0.39, 0.29) is 48.6 Å². The summed E-state index contributed by atoms with van der Waals surface area (Å²) in [6.45, 7) is 83.5. The molecule has 14 atom stereocenters. The Labute approximate surface area is 785 Å². The van der Waals surface area contributed by atoms with E-state index in [1.165, 1.54) is 64.7 Å². The van der Waals surface area contributed by atoms with Gasteiger partial charge in [0.2, 0.25) is 11.8 Å². The molecule has 13 aliphatic rings. The molecule has 11 heterocycles. The maximum absolute atomic E-state index is 12.0. The van der Waals surface area contributed by atoms with Crippen molar-refractivity contribution in [3.8, 4) is 5.75 Å². The maximum atomic E-state index is 12.0. The fourth-order valence-corrected chi connectivity index (χ4v) is 19.6. The molecule has 0 aromatic heterocycles. The Hall–Kier alpha value is -4.02. The second-order valence-electron chi connectivity index (χ2n) is 40.6. The monoisotopic (exact) mass is 1830 g/mol. The van der Waals surface area contributed by atoms with E-state index < -0.39 is 5.97 Å². The molecule has 2 N–H and O–H groups in total. The predicted octanol–water partition coefficient (Wildman–Crippen LogP) is 13.1. The molecular formula is C101H192N12O16. The smallest absolute Gasteiger partial charge is 0.308 e. The summed E-state index contributed by atoms with van der Waals surface area (Å²) in [6, 6.07) is 17.8. The summed E-state index contributed by atoms with van der Waals surface area (Å²) in [5.74, 6) is 0.324. The standard InChI is InChI=1S/C13H24N2O2.C11H21NO3.C11H21NO.C11H15NO.C10H20N2O2.C10H19NO.C9H17NO3.2C9H19NO.C8H17NO/c1-11(2)15-7-8-17-12(10-15)9-13(16)14-5-3-4-6-14;1-8(2)12-6-10(5-11(13)14-4)15-7-9(12)3;2*1-9(2)12-7-8-13-11-6-4-3-5-10(11)12;1-8(2)12-4-5-14-10(7-12)6-11-9(3)13;1-8(2)11-6-7-12-10-5-3-4-9(10)11;1-7(2)10-3-4-13-8(6-10)5-9(11)12;1-7(2)10-5-9(4)11-6-8(10)3;1-7(2)10-5-6-11-9(4)8(10)3;1-7(2)9-4-5-10-6-8(9)3/h11-12H,3-10H2,1-2H3;8-10H,5-7H2,1-4H3;9-11H,3-8H2,1-2H3;3-6,9H,7-8H2,1-2H3;8,10H,4-7H2,1-3H3,(H,11,13);8-10H,3-7H2,1-2H3;7-8H,3-6H2,1-2H3,(H,11,12);2*7-9H,5-6H2,1-4H3;7-8H,4-6H2,1-3H3/t;;;;;;;2*8-,9-;8-/m.......011/s1. The lowest BCUT2D eigenvalue weighted by Crippen LogP contribution is -2.54. The lowest BCUT2D eigenvalue weighted by molar-refractivity contribution is -0.147. The van der Waals surface area contributed by atoms with Gasteiger partial charge in [0.05, 0.1) is 154 Å². The zero-order valence-electron chi connectivity index (χ0n) is 86.7. The quantitative estimate of drug-likeness (QED) is 0.130. The summed E-state index contributed by atoms with van der Waals surface area (Å²) in [6.07, 6.45) is 14.8. The molecule has 1 aromatic carbocycles. The Kier molecular flexibility index (Phi) is 55.5. The lowest BCUT2D eigenvalue weighted by atomic mass is 9.89. The number of nitrogens with one attached hydrogen (secondary N) is 1. The van der Waals surface area contributed by atoms with E-state index in [0.717, 1.165) is 188 Å². The van der Waals surface area contributed by atoms with Crippen molar-refractivity contribution in [2.24, 2.45) is 0 Å². The van der Waals surface area contributed by atoms with Crippen LogP contribution in [0.25, 0.3) is 0 Å². The zero-order chi connectivity index (χ0) is 95.6. The molecule has 9 unspecified atom stereocenters. The molecule has 2 saturated carbocycles. The molecule has 2 aliphatic carbocycles. The van der Waals surface area contributed by atoms with Crippen LogP contribution in [-0.2, 0) is 66.5 Å². The van der Waals surface area contributed by atoms with E-state index in [1.807, 2.05) is 17.0 Å². The Balaban J connectivity index is 0.000000255. The Morgan fingerprint density at radius 2 is 0.853 bits per heavy atom. The first-order valence-electron chi connectivity index (χ1n) is 50.8. The molecule has 28 nitrogen and oxygen atoms in total. The van der Waals surface area contributed by atoms with Gasteiger partial charge in [-0.25, -0.2) is 0 Å². The molecule has 0 radical (unpaired) electrons. The van der Waals surface area contributed by atoms with Gasteiger partial charge in [0.1, 0.15) is 12.4 Å². The van der Waals surface area contributed by atoms with Gasteiger partial charge in [-0.3, -0.25) is 63.3 Å². The zero-order valence-corrected chi connectivity index (χ0v) is 86.7. The summed E-state index contributed by atoms with van der Waals surface area (Å²) in [7, 11) is 1.41. The van der Waals surface area contributed by atoms with Crippen LogP contribution in [-0.4, -0.2) is 408 Å². The van der Waals surface area contributed by atoms with Gasteiger partial charge in [-0.15, -0.1) is 0 Å². The van der Waals surface area contributed by atoms with Crippen LogP contribution in [0.1, 0.15) is 264 Å². The number of carboxylic acids is 1. The number of hydrogen-bond acceptors (Lipinski definition) is 25. The summed E-state index contributed by atoms with van der Waals surface area (Å²) in [5.41, 5.74) is 1.23. The minimum Gasteiger partial charge on any atom is -0.490 e. The summed E-state index contributed by atoms with van der Waals surface area (Å²) < 4.78 is 60.3. The number of carboxylic acid groups (broad SMARTS) is 1. The van der Waals surface area contributed by atoms with Crippen LogP contribution in [0.4, 0.5) is 5.69 Å². The van der Waals surface area contributed by atoms with Crippen molar-refractivity contribution >= 4 is 29.4 Å². The van der Waals surface area contributed by atoms with Crippen molar-refractivity contribution in [1.29, 1.82) is 0 Å². The number of fused-ring (bicyclic) bond motifs is 3. The third-order valence-electron chi connectivity index (χ3n) is 27.4. The highest BCUT2D eigenvalue weighted by molar-refractivity contribution is 5.77. The fraction of sp³-hybridized carbons (Fsp3) is 0.901. The van der Waals surface area contributed by atoms with Crippen molar-refractivity contribution < 1.29 is 76.4 Å². The SMILES string of the molecule is CC(=O)NCC1CN(C(C)C)CCO1.CC(C)N1CCOC(CC(=O)N2CCCC2)C1.CC(C)N1CCOC(CC(=O)O)C1.CC(C)N1CCOC2CCCC21.CC(C)N1CCOC2CCCCC21.CC(C)N1CCOC[C@H]1C.CC(C)N1CCO[C@H](C)[C@H]1C.CC(C)N1CCOc2ccccc21.CC(C)N1C[C@H](C)OC[C@@H]1C.COC(=O)CC1CN(C(C)C)C(C)CO1. The number of methoxy groups -OCH3 is 1. The number of hydrogen-bond donors (Lipinski definition) is 2. The first-order chi connectivity index (χ1) is 61.2. The molecule has 752 valence electrons. The van der Waals surface area contributed by atoms with Gasteiger partial charge in [0, 0.05) is 202 Å². The van der Waals surface area contributed by atoms with Crippen molar-refractivity contribution in [1.82, 2.24) is 54.3 Å². The maximum Gasteiger partial charge on any atom is 0.308 e. The van der Waals surface area contributed by atoms with E-state index in [2.05, 4.69) is 251 Å². The largest absolute Gasteiger partial charge is 0.490 e.